The summed E-state index contributed by atoms with van der Waals surface area (Å²) in [5.41, 5.74) is 1.28. The van der Waals surface area contributed by atoms with E-state index in [1.165, 1.54) is 6.92 Å². The SMILES string of the molecule is CC(=O)C1=C(C)N[C@H](O)[C@H](C#N)C1. The number of hydrogen-bond acceptors (Lipinski definition) is 4. The van der Waals surface area contributed by atoms with Crippen molar-refractivity contribution in [3.63, 3.8) is 0 Å². The van der Waals surface area contributed by atoms with Gasteiger partial charge in [0.2, 0.25) is 0 Å². The Hall–Kier alpha value is -1.34. The Morgan fingerprint density at radius 1 is 1.77 bits per heavy atom. The van der Waals surface area contributed by atoms with Crippen molar-refractivity contribution in [2.75, 3.05) is 0 Å². The summed E-state index contributed by atoms with van der Waals surface area (Å²) >= 11 is 0. The second-order valence-corrected chi connectivity index (χ2v) is 3.19. The van der Waals surface area contributed by atoms with E-state index in [0.717, 1.165) is 0 Å². The van der Waals surface area contributed by atoms with Crippen molar-refractivity contribution in [2.24, 2.45) is 5.92 Å². The molecule has 0 amide bonds. The van der Waals surface area contributed by atoms with Crippen LogP contribution in [0.2, 0.25) is 0 Å². The molecule has 0 aromatic carbocycles. The maximum absolute atomic E-state index is 11.1. The van der Waals surface area contributed by atoms with Gasteiger partial charge in [-0.25, -0.2) is 0 Å². The van der Waals surface area contributed by atoms with Crippen LogP contribution in [0.1, 0.15) is 20.3 Å². The van der Waals surface area contributed by atoms with Crippen LogP contribution >= 0.6 is 0 Å². The summed E-state index contributed by atoms with van der Waals surface area (Å²) in [5, 5.41) is 20.7. The maximum atomic E-state index is 11.1. The van der Waals surface area contributed by atoms with E-state index < -0.39 is 12.1 Å². The smallest absolute Gasteiger partial charge is 0.157 e. The van der Waals surface area contributed by atoms with Gasteiger partial charge in [-0.1, -0.05) is 0 Å². The quantitative estimate of drug-likeness (QED) is 0.608. The van der Waals surface area contributed by atoms with Crippen molar-refractivity contribution in [3.05, 3.63) is 11.3 Å². The average Bonchev–Trinajstić information content (AvgIpc) is 2.03. The highest BCUT2D eigenvalue weighted by molar-refractivity contribution is 5.94. The van der Waals surface area contributed by atoms with Gasteiger partial charge in [-0.2, -0.15) is 5.26 Å². The van der Waals surface area contributed by atoms with Gasteiger partial charge in [-0.3, -0.25) is 4.79 Å². The van der Waals surface area contributed by atoms with E-state index in [0.29, 0.717) is 17.7 Å². The number of rotatable bonds is 1. The molecule has 0 aromatic heterocycles. The third kappa shape index (κ3) is 1.87. The van der Waals surface area contributed by atoms with Gasteiger partial charge in [0, 0.05) is 11.3 Å². The van der Waals surface area contributed by atoms with Crippen molar-refractivity contribution in [1.29, 1.82) is 5.26 Å². The number of nitrogens with zero attached hydrogens (tertiary/aromatic N) is 1. The van der Waals surface area contributed by atoms with Gasteiger partial charge < -0.3 is 10.4 Å². The highest BCUT2D eigenvalue weighted by Crippen LogP contribution is 2.22. The first-order chi connectivity index (χ1) is 6.06. The predicted octanol–water partition coefficient (Wildman–Crippen LogP) is 0.301. The number of ketones is 1. The number of carbonyl (C=O) groups is 1. The van der Waals surface area contributed by atoms with Gasteiger partial charge in [-0.05, 0) is 20.3 Å². The zero-order valence-electron chi connectivity index (χ0n) is 7.66. The lowest BCUT2D eigenvalue weighted by Crippen LogP contribution is -2.39. The Balaban J connectivity index is 2.92. The molecule has 4 nitrogen and oxygen atoms in total. The molecule has 1 heterocycles. The molecule has 0 aliphatic carbocycles. The van der Waals surface area contributed by atoms with E-state index in [1.54, 1.807) is 6.92 Å². The van der Waals surface area contributed by atoms with Gasteiger partial charge >= 0.3 is 0 Å². The molecule has 1 rings (SSSR count). The summed E-state index contributed by atoms with van der Waals surface area (Å²) in [6, 6.07) is 1.96. The first-order valence-electron chi connectivity index (χ1n) is 4.11. The number of allylic oxidation sites excluding steroid dienone is 2. The zero-order chi connectivity index (χ0) is 10.0. The fourth-order valence-electron chi connectivity index (χ4n) is 1.42. The van der Waals surface area contributed by atoms with Crippen LogP contribution in [0.5, 0.6) is 0 Å². The minimum Gasteiger partial charge on any atom is -0.372 e. The van der Waals surface area contributed by atoms with Crippen LogP contribution in [0, 0.1) is 17.2 Å². The van der Waals surface area contributed by atoms with E-state index in [-0.39, 0.29) is 5.78 Å². The molecule has 0 spiro atoms. The first kappa shape index (κ1) is 9.75. The molecule has 4 heteroatoms. The van der Waals surface area contributed by atoms with E-state index in [4.69, 9.17) is 5.26 Å². The Labute approximate surface area is 76.9 Å². The number of aliphatic hydroxyl groups is 1. The van der Waals surface area contributed by atoms with Crippen LogP contribution < -0.4 is 5.32 Å². The molecule has 2 N–H and O–H groups in total. The van der Waals surface area contributed by atoms with Gasteiger partial charge in [-0.15, -0.1) is 0 Å². The number of hydrogen-bond donors (Lipinski definition) is 2. The van der Waals surface area contributed by atoms with E-state index in [9.17, 15) is 9.90 Å². The summed E-state index contributed by atoms with van der Waals surface area (Å²) in [5.74, 6) is -0.570. The molecule has 2 atom stereocenters. The Morgan fingerprint density at radius 3 is 2.85 bits per heavy atom. The van der Waals surface area contributed by atoms with Crippen LogP contribution in [-0.2, 0) is 4.79 Å². The second kappa shape index (κ2) is 3.58. The van der Waals surface area contributed by atoms with E-state index >= 15 is 0 Å². The Kier molecular flexibility index (Phi) is 2.69. The summed E-state index contributed by atoms with van der Waals surface area (Å²) in [7, 11) is 0. The number of aliphatic hydroxyl groups excluding tert-OH is 1. The minimum absolute atomic E-state index is 0.0443. The van der Waals surface area contributed by atoms with Crippen molar-refractivity contribution in [1.82, 2.24) is 5.32 Å². The highest BCUT2D eigenvalue weighted by Gasteiger charge is 2.27. The lowest BCUT2D eigenvalue weighted by Gasteiger charge is -2.27. The molecular weight excluding hydrogens is 168 g/mol. The fourth-order valence-corrected chi connectivity index (χ4v) is 1.42. The summed E-state index contributed by atoms with van der Waals surface area (Å²) in [6.07, 6.45) is -0.514. The molecule has 1 aliphatic heterocycles. The number of carbonyl (C=O) groups excluding carboxylic acids is 1. The second-order valence-electron chi connectivity index (χ2n) is 3.19. The molecule has 0 aromatic rings. The molecule has 13 heavy (non-hydrogen) atoms. The maximum Gasteiger partial charge on any atom is 0.157 e. The monoisotopic (exact) mass is 180 g/mol. The van der Waals surface area contributed by atoms with Crippen LogP contribution in [0.4, 0.5) is 0 Å². The van der Waals surface area contributed by atoms with Gasteiger partial charge in [0.15, 0.2) is 5.78 Å². The number of nitrogens with one attached hydrogen (secondary N) is 1. The van der Waals surface area contributed by atoms with Crippen molar-refractivity contribution >= 4 is 5.78 Å². The fraction of sp³-hybridized carbons (Fsp3) is 0.556. The summed E-state index contributed by atoms with van der Waals surface area (Å²) < 4.78 is 0. The van der Waals surface area contributed by atoms with E-state index in [2.05, 4.69) is 5.32 Å². The van der Waals surface area contributed by atoms with Crippen molar-refractivity contribution in [3.8, 4) is 6.07 Å². The molecule has 0 saturated heterocycles. The molecular formula is C9H12N2O2. The lowest BCUT2D eigenvalue weighted by atomic mass is 9.92. The molecule has 0 radical (unpaired) electrons. The van der Waals surface area contributed by atoms with Gasteiger partial charge in [0.25, 0.3) is 0 Å². The summed E-state index contributed by atoms with van der Waals surface area (Å²) in [4.78, 5) is 11.1. The zero-order valence-corrected chi connectivity index (χ0v) is 7.66. The van der Waals surface area contributed by atoms with Crippen molar-refractivity contribution < 1.29 is 9.90 Å². The largest absolute Gasteiger partial charge is 0.372 e. The third-order valence-electron chi connectivity index (χ3n) is 2.21. The minimum atomic E-state index is -0.854. The Morgan fingerprint density at radius 2 is 2.38 bits per heavy atom. The van der Waals surface area contributed by atoms with Crippen LogP contribution in [0.3, 0.4) is 0 Å². The van der Waals surface area contributed by atoms with Gasteiger partial charge in [0.1, 0.15) is 6.23 Å². The molecule has 1 aliphatic rings. The Bertz CT molecular complexity index is 301. The van der Waals surface area contributed by atoms with Crippen LogP contribution in [-0.4, -0.2) is 17.1 Å². The number of nitriles is 1. The average molecular weight is 180 g/mol. The molecule has 0 bridgehead atoms. The van der Waals surface area contributed by atoms with Crippen LogP contribution in [0.25, 0.3) is 0 Å². The standard InChI is InChI=1S/C9H12N2O2/c1-5-8(6(2)12)3-7(4-10)9(13)11-5/h7,9,11,13H,3H2,1-2H3/t7-,9+/m0/s1. The third-order valence-corrected chi connectivity index (χ3v) is 2.21. The lowest BCUT2D eigenvalue weighted by molar-refractivity contribution is -0.114. The predicted molar refractivity (Wildman–Crippen MR) is 46.2 cm³/mol. The topological polar surface area (TPSA) is 73.1 Å². The molecule has 0 unspecified atom stereocenters. The first-order valence-corrected chi connectivity index (χ1v) is 4.11. The summed E-state index contributed by atoms with van der Waals surface area (Å²) in [6.45, 7) is 3.19. The van der Waals surface area contributed by atoms with Crippen LogP contribution in [0.15, 0.2) is 11.3 Å². The number of Topliss-reactive ketones (excluding diaryl/α,β-unsaturated/α-hetero) is 1. The van der Waals surface area contributed by atoms with E-state index in [1.807, 2.05) is 6.07 Å². The normalized spacial score (nSPS) is 27.8. The molecule has 70 valence electrons. The van der Waals surface area contributed by atoms with Crippen molar-refractivity contribution in [2.45, 2.75) is 26.5 Å². The molecule has 0 saturated carbocycles. The van der Waals surface area contributed by atoms with Gasteiger partial charge in [0.05, 0.1) is 12.0 Å². The highest BCUT2D eigenvalue weighted by atomic mass is 16.3. The molecule has 0 fully saturated rings.